The van der Waals surface area contributed by atoms with Crippen LogP contribution in [0.5, 0.6) is 5.75 Å². The Labute approximate surface area is 110 Å². The van der Waals surface area contributed by atoms with Gasteiger partial charge >= 0.3 is 0 Å². The van der Waals surface area contributed by atoms with E-state index in [1.165, 1.54) is 6.07 Å². The lowest BCUT2D eigenvalue weighted by molar-refractivity contribution is 0.340. The second-order valence-corrected chi connectivity index (χ2v) is 4.32. The molecule has 19 heavy (non-hydrogen) atoms. The van der Waals surface area contributed by atoms with Gasteiger partial charge in [-0.2, -0.15) is 5.26 Å². The van der Waals surface area contributed by atoms with Crippen LogP contribution in [0.4, 0.5) is 10.1 Å². The highest BCUT2D eigenvalue weighted by molar-refractivity contribution is 5.60. The van der Waals surface area contributed by atoms with E-state index in [4.69, 9.17) is 10.00 Å². The summed E-state index contributed by atoms with van der Waals surface area (Å²) >= 11 is 0. The molecule has 1 aliphatic heterocycles. The van der Waals surface area contributed by atoms with Crippen molar-refractivity contribution in [2.24, 2.45) is 0 Å². The van der Waals surface area contributed by atoms with Crippen molar-refractivity contribution in [3.8, 4) is 11.8 Å². The third-order valence-electron chi connectivity index (χ3n) is 3.16. The van der Waals surface area contributed by atoms with E-state index in [9.17, 15) is 4.39 Å². The maximum Gasteiger partial charge on any atom is 0.143 e. The van der Waals surface area contributed by atoms with Gasteiger partial charge in [-0.3, -0.25) is 0 Å². The first kappa shape index (κ1) is 11.5. The van der Waals surface area contributed by atoms with E-state index in [1.54, 1.807) is 12.1 Å². The number of hydrogen-bond acceptors (Lipinski definition) is 3. The van der Waals surface area contributed by atoms with Crippen LogP contribution in [0.25, 0.3) is 0 Å². The van der Waals surface area contributed by atoms with Gasteiger partial charge < -0.3 is 10.1 Å². The predicted octanol–water partition coefficient (Wildman–Crippen LogP) is 3.24. The second kappa shape index (κ2) is 4.62. The SMILES string of the molecule is N#Cc1c(F)cccc1NC1COc2ccccc21. The Hall–Kier alpha value is -2.54. The summed E-state index contributed by atoms with van der Waals surface area (Å²) in [4.78, 5) is 0. The number of hydrogen-bond donors (Lipinski definition) is 1. The number of ether oxygens (including phenoxy) is 1. The number of fused-ring (bicyclic) bond motifs is 1. The molecule has 2 aromatic rings. The summed E-state index contributed by atoms with van der Waals surface area (Å²) in [5.41, 5.74) is 1.55. The molecular weight excluding hydrogens is 243 g/mol. The molecule has 0 bridgehead atoms. The maximum atomic E-state index is 13.5. The molecule has 1 heterocycles. The topological polar surface area (TPSA) is 45.0 Å². The zero-order chi connectivity index (χ0) is 13.2. The Morgan fingerprint density at radius 3 is 2.89 bits per heavy atom. The summed E-state index contributed by atoms with van der Waals surface area (Å²) in [5, 5.41) is 12.2. The van der Waals surface area contributed by atoms with Gasteiger partial charge in [0.15, 0.2) is 0 Å². The highest BCUT2D eigenvalue weighted by atomic mass is 19.1. The summed E-state index contributed by atoms with van der Waals surface area (Å²) < 4.78 is 19.1. The molecular formula is C15H11FN2O. The molecule has 1 N–H and O–H groups in total. The van der Waals surface area contributed by atoms with Gasteiger partial charge in [0.2, 0.25) is 0 Å². The van der Waals surface area contributed by atoms with Crippen molar-refractivity contribution in [1.82, 2.24) is 0 Å². The lowest BCUT2D eigenvalue weighted by Gasteiger charge is -2.14. The maximum absolute atomic E-state index is 13.5. The zero-order valence-electron chi connectivity index (χ0n) is 10.1. The first-order valence-electron chi connectivity index (χ1n) is 5.96. The Morgan fingerprint density at radius 1 is 1.21 bits per heavy atom. The average Bonchev–Trinajstić information content (AvgIpc) is 2.83. The third-order valence-corrected chi connectivity index (χ3v) is 3.16. The molecule has 2 aromatic carbocycles. The van der Waals surface area contributed by atoms with Crippen LogP contribution in [-0.2, 0) is 0 Å². The monoisotopic (exact) mass is 254 g/mol. The summed E-state index contributed by atoms with van der Waals surface area (Å²) in [5.74, 6) is 0.314. The molecule has 0 fully saturated rings. The van der Waals surface area contributed by atoms with Crippen molar-refractivity contribution in [3.63, 3.8) is 0 Å². The first-order chi connectivity index (χ1) is 9.29. The minimum absolute atomic E-state index is 0.0341. The Kier molecular flexibility index (Phi) is 2.81. The van der Waals surface area contributed by atoms with Gasteiger partial charge in [0.05, 0.1) is 11.7 Å². The van der Waals surface area contributed by atoms with Crippen LogP contribution in [0.15, 0.2) is 42.5 Å². The Balaban J connectivity index is 1.92. The summed E-state index contributed by atoms with van der Waals surface area (Å²) in [7, 11) is 0. The molecule has 0 spiro atoms. The van der Waals surface area contributed by atoms with E-state index in [1.807, 2.05) is 30.3 Å². The van der Waals surface area contributed by atoms with Gasteiger partial charge in [-0.1, -0.05) is 24.3 Å². The van der Waals surface area contributed by atoms with Crippen LogP contribution < -0.4 is 10.1 Å². The van der Waals surface area contributed by atoms with Crippen molar-refractivity contribution < 1.29 is 9.13 Å². The molecule has 0 aliphatic carbocycles. The van der Waals surface area contributed by atoms with Crippen molar-refractivity contribution in [3.05, 3.63) is 59.4 Å². The second-order valence-electron chi connectivity index (χ2n) is 4.32. The van der Waals surface area contributed by atoms with Gasteiger partial charge in [-0.25, -0.2) is 4.39 Å². The van der Waals surface area contributed by atoms with Gasteiger partial charge in [-0.15, -0.1) is 0 Å². The first-order valence-corrected chi connectivity index (χ1v) is 5.96. The number of benzene rings is 2. The van der Waals surface area contributed by atoms with E-state index in [2.05, 4.69) is 5.32 Å². The van der Waals surface area contributed by atoms with Gasteiger partial charge in [0.25, 0.3) is 0 Å². The van der Waals surface area contributed by atoms with Crippen LogP contribution in [0.1, 0.15) is 17.2 Å². The van der Waals surface area contributed by atoms with Crippen LogP contribution >= 0.6 is 0 Å². The molecule has 1 aliphatic rings. The van der Waals surface area contributed by atoms with Crippen LogP contribution in [-0.4, -0.2) is 6.61 Å². The number of nitrogens with zero attached hydrogens (tertiary/aromatic N) is 1. The van der Waals surface area contributed by atoms with E-state index >= 15 is 0 Å². The molecule has 0 radical (unpaired) electrons. The number of nitrogens with one attached hydrogen (secondary N) is 1. The lowest BCUT2D eigenvalue weighted by Crippen LogP contribution is -2.13. The molecule has 0 amide bonds. The molecule has 3 nitrogen and oxygen atoms in total. The van der Waals surface area contributed by atoms with Crippen LogP contribution in [0.2, 0.25) is 0 Å². The molecule has 0 aromatic heterocycles. The van der Waals surface area contributed by atoms with Crippen molar-refractivity contribution in [1.29, 1.82) is 5.26 Å². The molecule has 3 rings (SSSR count). The molecule has 94 valence electrons. The number of nitriles is 1. The van der Waals surface area contributed by atoms with Gasteiger partial charge in [-0.05, 0) is 18.2 Å². The quantitative estimate of drug-likeness (QED) is 0.894. The Morgan fingerprint density at radius 2 is 2.05 bits per heavy atom. The fourth-order valence-electron chi connectivity index (χ4n) is 2.23. The average molecular weight is 254 g/mol. The highest BCUT2D eigenvalue weighted by Crippen LogP contribution is 2.34. The zero-order valence-corrected chi connectivity index (χ0v) is 10.1. The minimum Gasteiger partial charge on any atom is -0.491 e. The molecule has 1 atom stereocenters. The van der Waals surface area contributed by atoms with Crippen molar-refractivity contribution >= 4 is 5.69 Å². The third kappa shape index (κ3) is 2.00. The standard InChI is InChI=1S/C15H11FN2O/c16-12-5-3-6-13(11(12)8-17)18-14-9-19-15-7-2-1-4-10(14)15/h1-7,14,18H,9H2. The minimum atomic E-state index is -0.514. The van der Waals surface area contributed by atoms with E-state index in [0.29, 0.717) is 12.3 Å². The van der Waals surface area contributed by atoms with Crippen molar-refractivity contribution in [2.45, 2.75) is 6.04 Å². The highest BCUT2D eigenvalue weighted by Gasteiger charge is 2.24. The van der Waals surface area contributed by atoms with E-state index < -0.39 is 5.82 Å². The normalized spacial score (nSPS) is 16.3. The van der Waals surface area contributed by atoms with Gasteiger partial charge in [0.1, 0.15) is 29.8 Å². The van der Waals surface area contributed by atoms with Crippen molar-refractivity contribution in [2.75, 3.05) is 11.9 Å². The van der Waals surface area contributed by atoms with Crippen LogP contribution in [0, 0.1) is 17.1 Å². The van der Waals surface area contributed by atoms with Gasteiger partial charge in [0, 0.05) is 5.56 Å². The largest absolute Gasteiger partial charge is 0.491 e. The number of para-hydroxylation sites is 1. The smallest absolute Gasteiger partial charge is 0.143 e. The molecule has 1 unspecified atom stereocenters. The Bertz CT molecular complexity index is 663. The summed E-state index contributed by atoms with van der Waals surface area (Å²) in [6.07, 6.45) is 0. The van der Waals surface area contributed by atoms with E-state index in [0.717, 1.165) is 11.3 Å². The summed E-state index contributed by atoms with van der Waals surface area (Å²) in [6, 6.07) is 14.1. The van der Waals surface area contributed by atoms with E-state index in [-0.39, 0.29) is 11.6 Å². The number of halogens is 1. The fourth-order valence-corrected chi connectivity index (χ4v) is 2.23. The fraction of sp³-hybridized carbons (Fsp3) is 0.133. The molecule has 0 saturated carbocycles. The lowest BCUT2D eigenvalue weighted by atomic mass is 10.1. The van der Waals surface area contributed by atoms with Crippen LogP contribution in [0.3, 0.4) is 0 Å². The summed E-state index contributed by atoms with van der Waals surface area (Å²) in [6.45, 7) is 0.473. The predicted molar refractivity (Wildman–Crippen MR) is 69.4 cm³/mol. The number of rotatable bonds is 2. The molecule has 4 heteroatoms. The number of anilines is 1. The molecule has 0 saturated heterocycles.